The molecule has 1 aromatic rings. The third kappa shape index (κ3) is 4.84. The van der Waals surface area contributed by atoms with Gasteiger partial charge in [-0.15, -0.1) is 11.8 Å². The predicted octanol–water partition coefficient (Wildman–Crippen LogP) is 3.71. The fourth-order valence-electron chi connectivity index (χ4n) is 2.26. The van der Waals surface area contributed by atoms with Crippen molar-refractivity contribution in [3.63, 3.8) is 0 Å². The lowest BCUT2D eigenvalue weighted by Gasteiger charge is -2.29. The monoisotopic (exact) mass is 295 g/mol. The lowest BCUT2D eigenvalue weighted by atomic mass is 9.91. The normalized spacial score (nSPS) is 13.9. The lowest BCUT2D eigenvalue weighted by molar-refractivity contribution is -0.145. The minimum absolute atomic E-state index is 0.616. The van der Waals surface area contributed by atoms with Gasteiger partial charge < -0.3 is 10.4 Å². The van der Waals surface area contributed by atoms with Crippen molar-refractivity contribution >= 4 is 17.7 Å². The third-order valence-corrected chi connectivity index (χ3v) is 4.66. The molecule has 2 N–H and O–H groups in total. The Morgan fingerprint density at radius 1 is 1.30 bits per heavy atom. The van der Waals surface area contributed by atoms with E-state index in [0.717, 1.165) is 12.2 Å². The number of carboxylic acid groups (broad SMARTS) is 1. The molecule has 20 heavy (non-hydrogen) atoms. The first-order chi connectivity index (χ1) is 9.54. The van der Waals surface area contributed by atoms with Crippen molar-refractivity contribution < 1.29 is 9.90 Å². The summed E-state index contributed by atoms with van der Waals surface area (Å²) < 4.78 is 0. The smallest absolute Gasteiger partial charge is 0.323 e. The summed E-state index contributed by atoms with van der Waals surface area (Å²) in [7, 11) is 0. The molecule has 0 aliphatic carbocycles. The zero-order chi connectivity index (χ0) is 15.0. The van der Waals surface area contributed by atoms with Gasteiger partial charge in [-0.2, -0.15) is 0 Å². The largest absolute Gasteiger partial charge is 0.480 e. The van der Waals surface area contributed by atoms with Gasteiger partial charge in [0.2, 0.25) is 0 Å². The van der Waals surface area contributed by atoms with Gasteiger partial charge in [-0.1, -0.05) is 31.5 Å². The van der Waals surface area contributed by atoms with E-state index < -0.39 is 11.5 Å². The fraction of sp³-hybridized carbons (Fsp3) is 0.562. The first-order valence-electron chi connectivity index (χ1n) is 7.22. The molecule has 0 saturated heterocycles. The van der Waals surface area contributed by atoms with Crippen LogP contribution in [0.1, 0.15) is 38.7 Å². The summed E-state index contributed by atoms with van der Waals surface area (Å²) in [5.74, 6) is 0.214. The van der Waals surface area contributed by atoms with Crippen molar-refractivity contribution in [1.29, 1.82) is 0 Å². The van der Waals surface area contributed by atoms with Crippen LogP contribution in [0.2, 0.25) is 0 Å². The highest BCUT2D eigenvalue weighted by Gasteiger charge is 2.34. The SMILES string of the molecule is CCNC(CC)(CCCSc1ccc(C)cc1)C(=O)O. The number of rotatable bonds is 9. The number of aliphatic carboxylic acids is 1. The minimum atomic E-state index is -0.761. The number of benzene rings is 1. The Morgan fingerprint density at radius 3 is 2.45 bits per heavy atom. The lowest BCUT2D eigenvalue weighted by Crippen LogP contribution is -2.51. The average Bonchev–Trinajstić information content (AvgIpc) is 2.44. The standard InChI is InChI=1S/C16H25NO2S/c1-4-16(15(18)19,17-5-2)11-6-12-20-14-9-7-13(3)8-10-14/h7-10,17H,4-6,11-12H2,1-3H3,(H,18,19). The van der Waals surface area contributed by atoms with Crippen molar-refractivity contribution in [3.8, 4) is 0 Å². The Morgan fingerprint density at radius 2 is 1.95 bits per heavy atom. The Kier molecular flexibility index (Phi) is 7.10. The first-order valence-corrected chi connectivity index (χ1v) is 8.20. The third-order valence-electron chi connectivity index (χ3n) is 3.57. The van der Waals surface area contributed by atoms with E-state index in [4.69, 9.17) is 0 Å². The molecule has 1 unspecified atom stereocenters. The van der Waals surface area contributed by atoms with Crippen LogP contribution in [0, 0.1) is 6.92 Å². The van der Waals surface area contributed by atoms with E-state index in [-0.39, 0.29) is 0 Å². The van der Waals surface area contributed by atoms with Crippen molar-refractivity contribution in [2.24, 2.45) is 0 Å². The second kappa shape index (κ2) is 8.32. The van der Waals surface area contributed by atoms with Crippen LogP contribution in [0.5, 0.6) is 0 Å². The minimum Gasteiger partial charge on any atom is -0.480 e. The molecule has 0 radical (unpaired) electrons. The van der Waals surface area contributed by atoms with Gasteiger partial charge >= 0.3 is 5.97 Å². The zero-order valence-electron chi connectivity index (χ0n) is 12.6. The summed E-state index contributed by atoms with van der Waals surface area (Å²) in [6.45, 7) is 6.65. The molecule has 0 bridgehead atoms. The molecule has 0 saturated carbocycles. The van der Waals surface area contributed by atoms with Gasteiger partial charge in [-0.25, -0.2) is 0 Å². The summed E-state index contributed by atoms with van der Waals surface area (Å²) in [6.07, 6.45) is 2.18. The molecule has 112 valence electrons. The van der Waals surface area contributed by atoms with E-state index in [2.05, 4.69) is 36.5 Å². The summed E-state index contributed by atoms with van der Waals surface area (Å²) in [5, 5.41) is 12.6. The summed E-state index contributed by atoms with van der Waals surface area (Å²) >= 11 is 1.79. The van der Waals surface area contributed by atoms with Gasteiger partial charge in [-0.3, -0.25) is 4.79 Å². The Balaban J connectivity index is 2.44. The van der Waals surface area contributed by atoms with Crippen LogP contribution in [-0.4, -0.2) is 28.9 Å². The number of hydrogen-bond donors (Lipinski definition) is 2. The molecule has 3 nitrogen and oxygen atoms in total. The highest BCUT2D eigenvalue weighted by atomic mass is 32.2. The number of nitrogens with one attached hydrogen (secondary N) is 1. The molecule has 0 heterocycles. The average molecular weight is 295 g/mol. The number of thioether (sulfide) groups is 1. The van der Waals surface area contributed by atoms with Crippen molar-refractivity contribution in [3.05, 3.63) is 29.8 Å². The van der Waals surface area contributed by atoms with Crippen molar-refractivity contribution in [1.82, 2.24) is 5.32 Å². The van der Waals surface area contributed by atoms with Crippen LogP contribution in [0.15, 0.2) is 29.2 Å². The summed E-state index contributed by atoms with van der Waals surface area (Å²) in [6, 6.07) is 8.45. The highest BCUT2D eigenvalue weighted by Crippen LogP contribution is 2.23. The van der Waals surface area contributed by atoms with Gasteiger partial charge in [0.15, 0.2) is 0 Å². The van der Waals surface area contributed by atoms with Gasteiger partial charge in [0.25, 0.3) is 0 Å². The maximum atomic E-state index is 11.5. The van der Waals surface area contributed by atoms with Crippen molar-refractivity contribution in [2.45, 2.75) is 50.5 Å². The zero-order valence-corrected chi connectivity index (χ0v) is 13.4. The Hall–Kier alpha value is -1.00. The Bertz CT molecular complexity index is 419. The Labute approximate surface area is 126 Å². The van der Waals surface area contributed by atoms with Gasteiger partial charge in [-0.05, 0) is 50.6 Å². The van der Waals surface area contributed by atoms with E-state index in [1.807, 2.05) is 13.8 Å². The number of likely N-dealkylation sites (N-methyl/N-ethyl adjacent to an activating group) is 1. The van der Waals surface area contributed by atoms with Crippen molar-refractivity contribution in [2.75, 3.05) is 12.3 Å². The molecule has 1 rings (SSSR count). The quantitative estimate of drug-likeness (QED) is 0.538. The molecule has 0 spiro atoms. The van der Waals surface area contributed by atoms with Crippen LogP contribution in [-0.2, 0) is 4.79 Å². The molecule has 1 aromatic carbocycles. The fourth-order valence-corrected chi connectivity index (χ4v) is 3.11. The van der Waals surface area contributed by atoms with Gasteiger partial charge in [0, 0.05) is 4.90 Å². The molecule has 0 aliphatic rings. The predicted molar refractivity (Wildman–Crippen MR) is 85.5 cm³/mol. The van der Waals surface area contributed by atoms with E-state index in [0.29, 0.717) is 19.4 Å². The van der Waals surface area contributed by atoms with E-state index in [1.54, 1.807) is 11.8 Å². The van der Waals surface area contributed by atoms with Gasteiger partial charge in [0.05, 0.1) is 0 Å². The van der Waals surface area contributed by atoms with E-state index in [9.17, 15) is 9.90 Å². The molecule has 4 heteroatoms. The van der Waals surface area contributed by atoms with E-state index in [1.165, 1.54) is 10.5 Å². The number of carboxylic acids is 1. The number of hydrogen-bond acceptors (Lipinski definition) is 3. The number of carbonyl (C=O) groups is 1. The summed E-state index contributed by atoms with van der Waals surface area (Å²) in [4.78, 5) is 12.7. The van der Waals surface area contributed by atoms with Crippen LogP contribution in [0.3, 0.4) is 0 Å². The molecule has 0 aliphatic heterocycles. The van der Waals surface area contributed by atoms with Gasteiger partial charge in [0.1, 0.15) is 5.54 Å². The maximum absolute atomic E-state index is 11.5. The number of aryl methyl sites for hydroxylation is 1. The topological polar surface area (TPSA) is 49.3 Å². The molecular weight excluding hydrogens is 270 g/mol. The highest BCUT2D eigenvalue weighted by molar-refractivity contribution is 7.99. The van der Waals surface area contributed by atoms with Crippen LogP contribution in [0.4, 0.5) is 0 Å². The molecule has 0 aromatic heterocycles. The molecule has 0 fully saturated rings. The molecule has 1 atom stereocenters. The first kappa shape index (κ1) is 17.1. The molecule has 0 amide bonds. The van der Waals surface area contributed by atoms with E-state index >= 15 is 0 Å². The van der Waals surface area contributed by atoms with Crippen LogP contribution in [0.25, 0.3) is 0 Å². The summed E-state index contributed by atoms with van der Waals surface area (Å²) in [5.41, 5.74) is 0.500. The maximum Gasteiger partial charge on any atom is 0.323 e. The molecular formula is C16H25NO2S. The second-order valence-corrected chi connectivity index (χ2v) is 6.20. The second-order valence-electron chi connectivity index (χ2n) is 5.04. The van der Waals surface area contributed by atoms with Crippen LogP contribution < -0.4 is 5.32 Å². The van der Waals surface area contributed by atoms with Crippen LogP contribution >= 0.6 is 11.8 Å².